The van der Waals surface area contributed by atoms with Crippen molar-refractivity contribution in [2.45, 2.75) is 25.7 Å². The van der Waals surface area contributed by atoms with Crippen LogP contribution in [0.25, 0.3) is 0 Å². The molecule has 1 fully saturated rings. The molecule has 2 unspecified atom stereocenters. The standard InChI is InChI=1S/C22H20I/c1-3-8-19(9-4-1)14-15-20-10-7-11-21(18-20)16-17-23-22-12-5-2-6-13-22/h1-6,8-9,12-13,20-21H,7,10-11,18H2/q-1. The van der Waals surface area contributed by atoms with Crippen molar-refractivity contribution >= 4 is 0 Å². The van der Waals surface area contributed by atoms with Gasteiger partial charge in [-0.15, -0.1) is 0 Å². The van der Waals surface area contributed by atoms with Crippen LogP contribution < -0.4 is 21.2 Å². The van der Waals surface area contributed by atoms with Crippen molar-refractivity contribution in [2.75, 3.05) is 0 Å². The molecule has 0 aliphatic heterocycles. The first-order chi connectivity index (χ1) is 11.4. The predicted molar refractivity (Wildman–Crippen MR) is 91.7 cm³/mol. The van der Waals surface area contributed by atoms with Gasteiger partial charge in [-0.3, -0.25) is 0 Å². The number of hydrogen-bond donors (Lipinski definition) is 0. The Hall–Kier alpha value is -1.71. The van der Waals surface area contributed by atoms with Crippen LogP contribution in [0.4, 0.5) is 0 Å². The Kier molecular flexibility index (Phi) is 6.18. The van der Waals surface area contributed by atoms with Gasteiger partial charge in [0.1, 0.15) is 0 Å². The Bertz CT molecular complexity index is 726. The van der Waals surface area contributed by atoms with E-state index in [-0.39, 0.29) is 21.2 Å². The first kappa shape index (κ1) is 16.2. The van der Waals surface area contributed by atoms with E-state index in [2.05, 4.69) is 64.2 Å². The van der Waals surface area contributed by atoms with E-state index in [1.54, 1.807) is 0 Å². The van der Waals surface area contributed by atoms with Gasteiger partial charge in [-0.1, -0.05) is 0 Å². The molecule has 2 aromatic rings. The minimum atomic E-state index is -0.157. The molecular formula is C22H20I-. The van der Waals surface area contributed by atoms with E-state index in [4.69, 9.17) is 0 Å². The van der Waals surface area contributed by atoms with Crippen molar-refractivity contribution < 1.29 is 21.2 Å². The zero-order chi connectivity index (χ0) is 15.7. The summed E-state index contributed by atoms with van der Waals surface area (Å²) in [4.78, 5) is 0. The molecule has 0 N–H and O–H groups in total. The summed E-state index contributed by atoms with van der Waals surface area (Å²) in [7, 11) is 0. The minimum absolute atomic E-state index is 0.157. The summed E-state index contributed by atoms with van der Waals surface area (Å²) >= 11 is -0.157. The maximum atomic E-state index is 3.53. The van der Waals surface area contributed by atoms with Gasteiger partial charge < -0.3 is 0 Å². The molecule has 0 nitrogen and oxygen atoms in total. The van der Waals surface area contributed by atoms with Gasteiger partial charge in [0, 0.05) is 0 Å². The average Bonchev–Trinajstić information content (AvgIpc) is 2.62. The van der Waals surface area contributed by atoms with E-state index in [0.717, 1.165) is 12.0 Å². The van der Waals surface area contributed by atoms with Gasteiger partial charge in [0.05, 0.1) is 0 Å². The van der Waals surface area contributed by atoms with Crippen molar-refractivity contribution in [3.63, 3.8) is 0 Å². The van der Waals surface area contributed by atoms with Gasteiger partial charge in [0.15, 0.2) is 0 Å². The van der Waals surface area contributed by atoms with Crippen molar-refractivity contribution in [2.24, 2.45) is 11.8 Å². The van der Waals surface area contributed by atoms with Crippen LogP contribution in [0, 0.1) is 37.1 Å². The molecule has 0 heterocycles. The molecule has 0 amide bonds. The molecule has 116 valence electrons. The molecule has 2 atom stereocenters. The molecule has 1 saturated carbocycles. The fraction of sp³-hybridized carbons (Fsp3) is 0.273. The van der Waals surface area contributed by atoms with Gasteiger partial charge in [0.2, 0.25) is 0 Å². The third-order valence-corrected chi connectivity index (χ3v) is 5.94. The zero-order valence-corrected chi connectivity index (χ0v) is 15.3. The molecule has 0 saturated heterocycles. The van der Waals surface area contributed by atoms with Crippen LogP contribution in [0.3, 0.4) is 0 Å². The topological polar surface area (TPSA) is 0 Å². The Morgan fingerprint density at radius 2 is 1.43 bits per heavy atom. The number of halogens is 1. The third kappa shape index (κ3) is 5.45. The maximum absolute atomic E-state index is 3.53. The van der Waals surface area contributed by atoms with Crippen molar-refractivity contribution in [1.29, 1.82) is 0 Å². The Morgan fingerprint density at radius 3 is 2.17 bits per heavy atom. The fourth-order valence-corrected chi connectivity index (χ4v) is 4.48. The average molecular weight is 411 g/mol. The van der Waals surface area contributed by atoms with Crippen LogP contribution in [0.2, 0.25) is 0 Å². The van der Waals surface area contributed by atoms with E-state index in [1.165, 1.54) is 22.8 Å². The first-order valence-corrected chi connectivity index (χ1v) is 10.3. The van der Waals surface area contributed by atoms with Crippen LogP contribution in [0.5, 0.6) is 0 Å². The quantitative estimate of drug-likeness (QED) is 0.496. The van der Waals surface area contributed by atoms with Crippen molar-refractivity contribution in [3.8, 4) is 21.7 Å². The Labute approximate surface area is 150 Å². The van der Waals surface area contributed by atoms with Crippen LogP contribution in [-0.2, 0) is 0 Å². The SMILES string of the molecule is C(#CC1CCCC(C#Cc2ccccc2)C1)[I-]c1ccccc1. The van der Waals surface area contributed by atoms with Crippen LogP contribution in [-0.4, -0.2) is 0 Å². The first-order valence-electron chi connectivity index (χ1n) is 8.16. The van der Waals surface area contributed by atoms with Crippen molar-refractivity contribution in [1.82, 2.24) is 0 Å². The summed E-state index contributed by atoms with van der Waals surface area (Å²) in [5.74, 6) is 11.4. The molecule has 23 heavy (non-hydrogen) atoms. The van der Waals surface area contributed by atoms with Crippen LogP contribution in [0.15, 0.2) is 60.7 Å². The van der Waals surface area contributed by atoms with E-state index >= 15 is 0 Å². The molecule has 0 radical (unpaired) electrons. The monoisotopic (exact) mass is 411 g/mol. The summed E-state index contributed by atoms with van der Waals surface area (Å²) in [6.07, 6.45) is 4.88. The number of rotatable bonds is 1. The summed E-state index contributed by atoms with van der Waals surface area (Å²) in [5.41, 5.74) is 1.12. The normalized spacial score (nSPS) is 20.0. The van der Waals surface area contributed by atoms with Gasteiger partial charge >= 0.3 is 150 Å². The summed E-state index contributed by atoms with van der Waals surface area (Å²) < 4.78 is 4.89. The summed E-state index contributed by atoms with van der Waals surface area (Å²) in [6.45, 7) is 0. The van der Waals surface area contributed by atoms with E-state index in [9.17, 15) is 0 Å². The molecule has 0 spiro atoms. The number of benzene rings is 2. The second-order valence-electron chi connectivity index (χ2n) is 5.82. The Balaban J connectivity index is 1.56. The van der Waals surface area contributed by atoms with E-state index in [0.29, 0.717) is 11.8 Å². The van der Waals surface area contributed by atoms with Gasteiger partial charge in [0.25, 0.3) is 0 Å². The zero-order valence-electron chi connectivity index (χ0n) is 13.1. The second kappa shape index (κ2) is 8.80. The summed E-state index contributed by atoms with van der Waals surface area (Å²) in [5, 5.41) is 0. The molecule has 1 aliphatic carbocycles. The third-order valence-electron chi connectivity index (χ3n) is 4.02. The van der Waals surface area contributed by atoms with Crippen molar-refractivity contribution in [3.05, 3.63) is 69.8 Å². The molecule has 0 aromatic heterocycles. The number of hydrogen-bond acceptors (Lipinski definition) is 0. The van der Waals surface area contributed by atoms with Gasteiger partial charge in [-0.25, -0.2) is 0 Å². The molecule has 3 rings (SSSR count). The van der Waals surface area contributed by atoms with Crippen LogP contribution in [0.1, 0.15) is 31.2 Å². The van der Waals surface area contributed by atoms with Gasteiger partial charge in [-0.05, 0) is 0 Å². The van der Waals surface area contributed by atoms with Gasteiger partial charge in [-0.2, -0.15) is 0 Å². The molecule has 2 aromatic carbocycles. The molecule has 1 aliphatic rings. The second-order valence-corrected chi connectivity index (χ2v) is 8.15. The summed E-state index contributed by atoms with van der Waals surface area (Å²) in [6, 6.07) is 21.0. The van der Waals surface area contributed by atoms with Crippen LogP contribution >= 0.6 is 0 Å². The molecular weight excluding hydrogens is 391 g/mol. The molecule has 0 bridgehead atoms. The van der Waals surface area contributed by atoms with E-state index in [1.807, 2.05) is 18.2 Å². The van der Waals surface area contributed by atoms with E-state index < -0.39 is 0 Å². The predicted octanol–water partition coefficient (Wildman–Crippen LogP) is 1.76. The molecule has 1 heteroatoms. The Morgan fingerprint density at radius 1 is 0.783 bits per heavy atom. The fourth-order valence-electron chi connectivity index (χ4n) is 2.80.